The van der Waals surface area contributed by atoms with Gasteiger partial charge in [-0.3, -0.25) is 0 Å². The van der Waals surface area contributed by atoms with Crippen LogP contribution in [0.25, 0.3) is 0 Å². The molecule has 2 heterocycles. The van der Waals surface area contributed by atoms with Crippen LogP contribution in [0.5, 0.6) is 0 Å². The van der Waals surface area contributed by atoms with Crippen molar-refractivity contribution in [2.24, 2.45) is 7.05 Å². The second-order valence-corrected chi connectivity index (χ2v) is 3.50. The largest absolute Gasteiger partial charge is 0.376 e. The summed E-state index contributed by atoms with van der Waals surface area (Å²) in [5.74, 6) is 0.694. The van der Waals surface area contributed by atoms with Gasteiger partial charge in [0.15, 0.2) is 0 Å². The van der Waals surface area contributed by atoms with Gasteiger partial charge in [0.1, 0.15) is 0 Å². The minimum Gasteiger partial charge on any atom is -0.376 e. The predicted octanol–water partition coefficient (Wildman–Crippen LogP) is 0.191. The zero-order chi connectivity index (χ0) is 9.80. The molecule has 0 aliphatic carbocycles. The average molecular weight is 197 g/mol. The summed E-state index contributed by atoms with van der Waals surface area (Å²) in [5, 5.41) is 14.3. The maximum atomic E-state index is 5.58. The molecule has 1 aliphatic rings. The third-order valence-corrected chi connectivity index (χ3v) is 2.38. The van der Waals surface area contributed by atoms with E-state index in [1.807, 2.05) is 7.05 Å². The summed E-state index contributed by atoms with van der Waals surface area (Å²) in [4.78, 5) is 0. The lowest BCUT2D eigenvalue weighted by Gasteiger charge is -2.22. The first-order valence-corrected chi connectivity index (χ1v) is 4.94. The Hall–Kier alpha value is -1.17. The van der Waals surface area contributed by atoms with E-state index in [0.717, 1.165) is 19.6 Å². The molecule has 6 nitrogen and oxygen atoms in total. The fourth-order valence-electron chi connectivity index (χ4n) is 1.55. The van der Waals surface area contributed by atoms with Crippen molar-refractivity contribution in [2.45, 2.75) is 25.4 Å². The van der Waals surface area contributed by atoms with Crippen LogP contribution in [0, 0.1) is 0 Å². The van der Waals surface area contributed by atoms with Crippen LogP contribution in [0.15, 0.2) is 0 Å². The molecule has 0 bridgehead atoms. The summed E-state index contributed by atoms with van der Waals surface area (Å²) < 4.78 is 7.19. The number of aromatic nitrogens is 4. The van der Waals surface area contributed by atoms with Crippen LogP contribution in [0.3, 0.4) is 0 Å². The van der Waals surface area contributed by atoms with Gasteiger partial charge in [0.25, 0.3) is 0 Å². The number of aryl methyl sites for hydroxylation is 1. The molecular weight excluding hydrogens is 182 g/mol. The van der Waals surface area contributed by atoms with Gasteiger partial charge in [-0.15, -0.1) is 0 Å². The average Bonchev–Trinajstić information content (AvgIpc) is 2.63. The van der Waals surface area contributed by atoms with Crippen LogP contribution in [-0.2, 0) is 11.8 Å². The quantitative estimate of drug-likeness (QED) is 0.749. The molecule has 1 fully saturated rings. The summed E-state index contributed by atoms with van der Waals surface area (Å²) >= 11 is 0. The second-order valence-electron chi connectivity index (χ2n) is 3.50. The fourth-order valence-corrected chi connectivity index (χ4v) is 1.55. The summed E-state index contributed by atoms with van der Waals surface area (Å²) in [6.45, 7) is 1.66. The molecule has 78 valence electrons. The molecule has 1 aromatic rings. The Morgan fingerprint density at radius 3 is 3.14 bits per heavy atom. The van der Waals surface area contributed by atoms with Crippen molar-refractivity contribution in [2.75, 3.05) is 18.5 Å². The Bertz CT molecular complexity index is 281. The molecule has 0 saturated carbocycles. The molecule has 2 rings (SSSR count). The second kappa shape index (κ2) is 4.36. The van der Waals surface area contributed by atoms with Crippen molar-refractivity contribution in [1.82, 2.24) is 20.2 Å². The Morgan fingerprint density at radius 1 is 1.57 bits per heavy atom. The Kier molecular flexibility index (Phi) is 2.93. The van der Waals surface area contributed by atoms with Crippen LogP contribution in [-0.4, -0.2) is 39.5 Å². The molecule has 1 saturated heterocycles. The minimum absolute atomic E-state index is 0.306. The van der Waals surface area contributed by atoms with Crippen molar-refractivity contribution >= 4 is 5.95 Å². The van der Waals surface area contributed by atoms with E-state index in [-0.39, 0.29) is 0 Å². The highest BCUT2D eigenvalue weighted by Gasteiger charge is 2.14. The van der Waals surface area contributed by atoms with Gasteiger partial charge in [-0.05, 0) is 29.7 Å². The Morgan fingerprint density at radius 2 is 2.50 bits per heavy atom. The number of hydrogen-bond donors (Lipinski definition) is 1. The van der Waals surface area contributed by atoms with Gasteiger partial charge >= 0.3 is 0 Å². The van der Waals surface area contributed by atoms with Crippen LogP contribution in [0.2, 0.25) is 0 Å². The molecule has 0 radical (unpaired) electrons. The van der Waals surface area contributed by atoms with Crippen LogP contribution < -0.4 is 5.32 Å². The first kappa shape index (κ1) is 9.39. The zero-order valence-electron chi connectivity index (χ0n) is 8.31. The first-order chi connectivity index (χ1) is 6.86. The molecule has 6 heteroatoms. The number of nitrogens with zero attached hydrogens (tertiary/aromatic N) is 4. The summed E-state index contributed by atoms with van der Waals surface area (Å²) in [6.07, 6.45) is 3.87. The normalized spacial score (nSPS) is 22.2. The van der Waals surface area contributed by atoms with Crippen molar-refractivity contribution in [3.63, 3.8) is 0 Å². The number of anilines is 1. The SMILES string of the molecule is Cn1nnnc1NCC1CCCCO1. The maximum Gasteiger partial charge on any atom is 0.242 e. The van der Waals surface area contributed by atoms with Gasteiger partial charge in [0.2, 0.25) is 5.95 Å². The van der Waals surface area contributed by atoms with E-state index in [9.17, 15) is 0 Å². The van der Waals surface area contributed by atoms with E-state index in [1.165, 1.54) is 12.8 Å². The molecule has 1 aromatic heterocycles. The van der Waals surface area contributed by atoms with E-state index in [1.54, 1.807) is 4.68 Å². The number of tetrazole rings is 1. The third-order valence-electron chi connectivity index (χ3n) is 2.38. The summed E-state index contributed by atoms with van der Waals surface area (Å²) in [6, 6.07) is 0. The molecule has 0 amide bonds. The standard InChI is InChI=1S/C8H15N5O/c1-13-8(10-11-12-13)9-6-7-4-2-3-5-14-7/h7H,2-6H2,1H3,(H,9,10,12). The number of ether oxygens (including phenoxy) is 1. The predicted molar refractivity (Wildman–Crippen MR) is 50.9 cm³/mol. The summed E-state index contributed by atoms with van der Waals surface area (Å²) in [7, 11) is 1.81. The van der Waals surface area contributed by atoms with Crippen molar-refractivity contribution < 1.29 is 4.74 Å². The van der Waals surface area contributed by atoms with Crippen molar-refractivity contribution in [3.05, 3.63) is 0 Å². The molecule has 0 aromatic carbocycles. The van der Waals surface area contributed by atoms with Gasteiger partial charge in [-0.2, -0.15) is 0 Å². The Labute approximate surface area is 82.6 Å². The molecule has 1 N–H and O–H groups in total. The molecule has 1 atom stereocenters. The highest BCUT2D eigenvalue weighted by molar-refractivity contribution is 5.20. The lowest BCUT2D eigenvalue weighted by molar-refractivity contribution is 0.0246. The molecule has 14 heavy (non-hydrogen) atoms. The number of nitrogens with one attached hydrogen (secondary N) is 1. The summed E-state index contributed by atoms with van der Waals surface area (Å²) in [5.41, 5.74) is 0. The topological polar surface area (TPSA) is 64.9 Å². The molecule has 0 spiro atoms. The van der Waals surface area contributed by atoms with E-state index in [0.29, 0.717) is 12.1 Å². The highest BCUT2D eigenvalue weighted by Crippen LogP contribution is 2.12. The van der Waals surface area contributed by atoms with Crippen LogP contribution in [0.1, 0.15) is 19.3 Å². The van der Waals surface area contributed by atoms with Crippen molar-refractivity contribution in [1.29, 1.82) is 0 Å². The van der Waals surface area contributed by atoms with Gasteiger partial charge in [0.05, 0.1) is 6.10 Å². The minimum atomic E-state index is 0.306. The maximum absolute atomic E-state index is 5.58. The fraction of sp³-hybridized carbons (Fsp3) is 0.875. The smallest absolute Gasteiger partial charge is 0.242 e. The number of rotatable bonds is 3. The monoisotopic (exact) mass is 197 g/mol. The van der Waals surface area contributed by atoms with Gasteiger partial charge in [-0.25, -0.2) is 4.68 Å². The van der Waals surface area contributed by atoms with Gasteiger partial charge in [0, 0.05) is 20.2 Å². The third kappa shape index (κ3) is 2.20. The van der Waals surface area contributed by atoms with Crippen LogP contribution in [0.4, 0.5) is 5.95 Å². The lowest BCUT2D eigenvalue weighted by Crippen LogP contribution is -2.27. The van der Waals surface area contributed by atoms with Gasteiger partial charge < -0.3 is 10.1 Å². The molecular formula is C8H15N5O. The zero-order valence-corrected chi connectivity index (χ0v) is 8.31. The molecule has 1 aliphatic heterocycles. The first-order valence-electron chi connectivity index (χ1n) is 4.94. The van der Waals surface area contributed by atoms with Crippen LogP contribution >= 0.6 is 0 Å². The van der Waals surface area contributed by atoms with Crippen molar-refractivity contribution in [3.8, 4) is 0 Å². The number of hydrogen-bond acceptors (Lipinski definition) is 5. The van der Waals surface area contributed by atoms with E-state index in [4.69, 9.17) is 4.74 Å². The highest BCUT2D eigenvalue weighted by atomic mass is 16.5. The Balaban J connectivity index is 1.79. The van der Waals surface area contributed by atoms with Gasteiger partial charge in [-0.1, -0.05) is 5.10 Å². The van der Waals surface area contributed by atoms with E-state index < -0.39 is 0 Å². The molecule has 1 unspecified atom stereocenters. The van der Waals surface area contributed by atoms with E-state index >= 15 is 0 Å². The van der Waals surface area contributed by atoms with E-state index in [2.05, 4.69) is 20.8 Å². The lowest BCUT2D eigenvalue weighted by atomic mass is 10.1.